The first-order chi connectivity index (χ1) is 5.80. The molecule has 2 nitrogen and oxygen atoms in total. The van der Waals surface area contributed by atoms with Crippen molar-refractivity contribution in [2.45, 2.75) is 32.1 Å². The maximum absolute atomic E-state index is 11.2. The van der Waals surface area contributed by atoms with Crippen LogP contribution in [0.1, 0.15) is 32.1 Å². The van der Waals surface area contributed by atoms with Crippen molar-refractivity contribution in [3.8, 4) is 0 Å². The van der Waals surface area contributed by atoms with Gasteiger partial charge in [0.15, 0.2) is 0 Å². The molecule has 2 aliphatic carbocycles. The van der Waals surface area contributed by atoms with Gasteiger partial charge >= 0.3 is 0 Å². The van der Waals surface area contributed by atoms with E-state index in [9.17, 15) is 4.79 Å². The minimum Gasteiger partial charge on any atom is -0.355 e. The van der Waals surface area contributed by atoms with Crippen molar-refractivity contribution in [1.82, 2.24) is 5.32 Å². The molecule has 12 heavy (non-hydrogen) atoms. The van der Waals surface area contributed by atoms with Gasteiger partial charge in [-0.2, -0.15) is 0 Å². The number of amides is 1. The first kappa shape index (κ1) is 6.93. The Morgan fingerprint density at radius 2 is 2.08 bits per heavy atom. The Balaban J connectivity index is 1.75. The van der Waals surface area contributed by atoms with E-state index in [1.807, 2.05) is 0 Å². The first-order valence-electron chi connectivity index (χ1n) is 5.08. The highest BCUT2D eigenvalue weighted by Crippen LogP contribution is 2.58. The fourth-order valence-electron chi connectivity index (χ4n) is 3.16. The van der Waals surface area contributed by atoms with Crippen LogP contribution in [0.3, 0.4) is 0 Å². The summed E-state index contributed by atoms with van der Waals surface area (Å²) in [5.41, 5.74) is 0.566. The lowest BCUT2D eigenvalue weighted by Crippen LogP contribution is -2.61. The quantitative estimate of drug-likeness (QED) is 0.623. The highest BCUT2D eigenvalue weighted by molar-refractivity contribution is 5.81. The largest absolute Gasteiger partial charge is 0.355 e. The molecule has 0 radical (unpaired) electrons. The summed E-state index contributed by atoms with van der Waals surface area (Å²) in [5, 5.41) is 3.03. The second kappa shape index (κ2) is 2.04. The fourth-order valence-corrected chi connectivity index (χ4v) is 3.16. The van der Waals surface area contributed by atoms with Crippen molar-refractivity contribution in [2.75, 3.05) is 6.54 Å². The van der Waals surface area contributed by atoms with Crippen molar-refractivity contribution in [1.29, 1.82) is 0 Å². The highest BCUT2D eigenvalue weighted by atomic mass is 16.2. The zero-order valence-electron chi connectivity index (χ0n) is 7.31. The summed E-state index contributed by atoms with van der Waals surface area (Å²) in [7, 11) is 0. The summed E-state index contributed by atoms with van der Waals surface area (Å²) in [6, 6.07) is 0. The summed E-state index contributed by atoms with van der Waals surface area (Å²) in [4.78, 5) is 11.2. The van der Waals surface area contributed by atoms with Gasteiger partial charge in [0.05, 0.1) is 0 Å². The molecular formula is C10H15NO. The third kappa shape index (κ3) is 0.686. The van der Waals surface area contributed by atoms with Crippen LogP contribution in [0, 0.1) is 17.3 Å². The maximum Gasteiger partial charge on any atom is 0.223 e. The van der Waals surface area contributed by atoms with E-state index in [1.165, 1.54) is 32.1 Å². The third-order valence-electron chi connectivity index (χ3n) is 4.26. The number of fused-ring (bicyclic) bond motifs is 2. The van der Waals surface area contributed by atoms with Gasteiger partial charge in [-0.1, -0.05) is 6.42 Å². The summed E-state index contributed by atoms with van der Waals surface area (Å²) in [6.07, 6.45) is 6.66. The number of hydrogen-bond donors (Lipinski definition) is 1. The maximum atomic E-state index is 11.2. The van der Waals surface area contributed by atoms with Crippen LogP contribution < -0.4 is 5.32 Å². The summed E-state index contributed by atoms with van der Waals surface area (Å²) >= 11 is 0. The van der Waals surface area contributed by atoms with Gasteiger partial charge in [-0.05, 0) is 37.0 Å². The predicted octanol–water partition coefficient (Wildman–Crippen LogP) is 1.31. The Morgan fingerprint density at radius 1 is 1.33 bits per heavy atom. The first-order valence-corrected chi connectivity index (χ1v) is 5.08. The van der Waals surface area contributed by atoms with E-state index >= 15 is 0 Å². The lowest BCUT2D eigenvalue weighted by molar-refractivity contribution is -0.149. The van der Waals surface area contributed by atoms with Crippen LogP contribution in [0.15, 0.2) is 0 Å². The van der Waals surface area contributed by atoms with Crippen molar-refractivity contribution in [3.63, 3.8) is 0 Å². The molecular weight excluding hydrogens is 150 g/mol. The van der Waals surface area contributed by atoms with Crippen molar-refractivity contribution >= 4 is 5.91 Å². The fraction of sp³-hybridized carbons (Fsp3) is 0.900. The molecule has 66 valence electrons. The Labute approximate surface area is 72.7 Å². The van der Waals surface area contributed by atoms with Gasteiger partial charge in [-0.15, -0.1) is 0 Å². The molecule has 4 rings (SSSR count). The van der Waals surface area contributed by atoms with E-state index in [-0.39, 0.29) is 0 Å². The van der Waals surface area contributed by atoms with Crippen LogP contribution in [0.5, 0.6) is 0 Å². The lowest BCUT2D eigenvalue weighted by Gasteiger charge is -2.58. The number of carbonyl (C=O) groups excluding carboxylic acids is 1. The van der Waals surface area contributed by atoms with Gasteiger partial charge in [0.1, 0.15) is 0 Å². The van der Waals surface area contributed by atoms with E-state index in [1.54, 1.807) is 0 Å². The minimum absolute atomic E-state index is 0.316. The van der Waals surface area contributed by atoms with Gasteiger partial charge in [0.25, 0.3) is 0 Å². The molecule has 0 unspecified atom stereocenters. The predicted molar refractivity (Wildman–Crippen MR) is 45.5 cm³/mol. The number of piperidine rings is 2. The molecule has 2 bridgehead atoms. The van der Waals surface area contributed by atoms with E-state index in [4.69, 9.17) is 0 Å². The van der Waals surface area contributed by atoms with Crippen molar-refractivity contribution in [2.24, 2.45) is 17.3 Å². The molecule has 0 atom stereocenters. The molecule has 0 aromatic heterocycles. The second-order valence-electron chi connectivity index (χ2n) is 4.81. The third-order valence-corrected chi connectivity index (χ3v) is 4.26. The smallest absolute Gasteiger partial charge is 0.223 e. The molecule has 0 spiro atoms. The standard InChI is InChI=1S/C10H15NO/c12-9-7-4-10(5-7,6-11-9)8-2-1-3-8/h7-8H,1-6H2,(H,11,12). The molecule has 1 amide bonds. The van der Waals surface area contributed by atoms with Crippen LogP contribution in [0.4, 0.5) is 0 Å². The number of nitrogens with one attached hydrogen (secondary N) is 1. The van der Waals surface area contributed by atoms with Crippen LogP contribution in [-0.4, -0.2) is 12.5 Å². The zero-order valence-corrected chi connectivity index (χ0v) is 7.31. The molecule has 2 aliphatic heterocycles. The van der Waals surface area contributed by atoms with E-state index < -0.39 is 0 Å². The van der Waals surface area contributed by atoms with Crippen LogP contribution in [0.25, 0.3) is 0 Å². The van der Waals surface area contributed by atoms with Gasteiger partial charge in [0, 0.05) is 12.5 Å². The molecule has 4 fully saturated rings. The zero-order chi connectivity index (χ0) is 8.18. The molecule has 2 saturated carbocycles. The Kier molecular flexibility index (Phi) is 1.18. The van der Waals surface area contributed by atoms with E-state index in [0.29, 0.717) is 17.2 Å². The van der Waals surface area contributed by atoms with Crippen molar-refractivity contribution < 1.29 is 4.79 Å². The molecule has 2 heterocycles. The Morgan fingerprint density at radius 3 is 2.50 bits per heavy atom. The van der Waals surface area contributed by atoms with Gasteiger partial charge < -0.3 is 5.32 Å². The van der Waals surface area contributed by atoms with E-state index in [0.717, 1.165) is 12.5 Å². The summed E-state index contributed by atoms with van der Waals surface area (Å²) in [5.74, 6) is 1.66. The van der Waals surface area contributed by atoms with Crippen LogP contribution >= 0.6 is 0 Å². The minimum atomic E-state index is 0.316. The Bertz CT molecular complexity index is 220. The van der Waals surface area contributed by atoms with Gasteiger partial charge in [0.2, 0.25) is 5.91 Å². The average Bonchev–Trinajstić information content (AvgIpc) is 1.86. The molecule has 4 aliphatic rings. The Hall–Kier alpha value is -0.530. The van der Waals surface area contributed by atoms with Gasteiger partial charge in [-0.25, -0.2) is 0 Å². The monoisotopic (exact) mass is 165 g/mol. The molecule has 2 heteroatoms. The van der Waals surface area contributed by atoms with Gasteiger partial charge in [-0.3, -0.25) is 4.79 Å². The van der Waals surface area contributed by atoms with Crippen LogP contribution in [-0.2, 0) is 4.79 Å². The number of carbonyl (C=O) groups is 1. The van der Waals surface area contributed by atoms with Crippen molar-refractivity contribution in [3.05, 3.63) is 0 Å². The lowest BCUT2D eigenvalue weighted by atomic mass is 9.49. The normalized spacial score (nSPS) is 46.0. The van der Waals surface area contributed by atoms with E-state index in [2.05, 4.69) is 5.32 Å². The highest BCUT2D eigenvalue weighted by Gasteiger charge is 2.56. The molecule has 0 aromatic carbocycles. The summed E-state index contributed by atoms with van der Waals surface area (Å²) in [6.45, 7) is 0.979. The second-order valence-corrected chi connectivity index (χ2v) is 4.81. The molecule has 2 saturated heterocycles. The topological polar surface area (TPSA) is 29.1 Å². The number of hydrogen-bond acceptors (Lipinski definition) is 1. The number of rotatable bonds is 1. The molecule has 1 N–H and O–H groups in total. The SMILES string of the molecule is O=C1NCC2(C3CCC3)CC1C2. The summed E-state index contributed by atoms with van der Waals surface area (Å²) < 4.78 is 0. The molecule has 0 aromatic rings. The average molecular weight is 165 g/mol. The van der Waals surface area contributed by atoms with Crippen LogP contribution in [0.2, 0.25) is 0 Å².